The number of sulfonamides is 1. The van der Waals surface area contributed by atoms with E-state index < -0.39 is 10.0 Å². The molecule has 0 aromatic rings. The van der Waals surface area contributed by atoms with Crippen LogP contribution in [0.3, 0.4) is 0 Å². The molecular weight excluding hydrogens is 320 g/mol. The number of hydrogen-bond acceptors (Lipinski definition) is 6. The van der Waals surface area contributed by atoms with Crippen molar-refractivity contribution < 1.29 is 17.9 Å². The molecule has 1 amide bonds. The van der Waals surface area contributed by atoms with Crippen molar-refractivity contribution in [1.29, 1.82) is 0 Å². The summed E-state index contributed by atoms with van der Waals surface area (Å²) in [6.45, 7) is 6.88. The SMILES string of the molecule is CN1CCN(C(=O)CN(CCN2CCOCC2)S(C)(=O)=O)CC1. The molecule has 9 heteroatoms. The summed E-state index contributed by atoms with van der Waals surface area (Å²) in [5.41, 5.74) is 0. The fourth-order valence-corrected chi connectivity index (χ4v) is 3.50. The monoisotopic (exact) mass is 348 g/mol. The van der Waals surface area contributed by atoms with Crippen molar-refractivity contribution in [2.45, 2.75) is 0 Å². The Kier molecular flexibility index (Phi) is 6.78. The zero-order valence-corrected chi connectivity index (χ0v) is 14.9. The first-order valence-electron chi connectivity index (χ1n) is 8.08. The molecule has 2 fully saturated rings. The normalized spacial score (nSPS) is 21.8. The van der Waals surface area contributed by atoms with E-state index in [9.17, 15) is 13.2 Å². The van der Waals surface area contributed by atoms with E-state index in [1.54, 1.807) is 4.90 Å². The van der Waals surface area contributed by atoms with Gasteiger partial charge in [0.25, 0.3) is 0 Å². The average molecular weight is 348 g/mol. The third-order valence-corrected chi connectivity index (χ3v) is 5.66. The minimum atomic E-state index is -3.39. The van der Waals surface area contributed by atoms with Crippen molar-refractivity contribution in [2.75, 3.05) is 85.4 Å². The maximum atomic E-state index is 12.4. The zero-order chi connectivity index (χ0) is 16.9. The van der Waals surface area contributed by atoms with Crippen LogP contribution in [0.4, 0.5) is 0 Å². The van der Waals surface area contributed by atoms with Crippen LogP contribution in [0.2, 0.25) is 0 Å². The molecule has 23 heavy (non-hydrogen) atoms. The van der Waals surface area contributed by atoms with Gasteiger partial charge in [-0.15, -0.1) is 0 Å². The van der Waals surface area contributed by atoms with Crippen LogP contribution < -0.4 is 0 Å². The summed E-state index contributed by atoms with van der Waals surface area (Å²) >= 11 is 0. The number of nitrogens with zero attached hydrogens (tertiary/aromatic N) is 4. The first-order valence-corrected chi connectivity index (χ1v) is 9.92. The number of amides is 1. The van der Waals surface area contributed by atoms with E-state index in [1.807, 2.05) is 7.05 Å². The summed E-state index contributed by atoms with van der Waals surface area (Å²) < 4.78 is 30.5. The van der Waals surface area contributed by atoms with Crippen LogP contribution >= 0.6 is 0 Å². The second kappa shape index (κ2) is 8.39. The van der Waals surface area contributed by atoms with Crippen LogP contribution in [0, 0.1) is 0 Å². The number of ether oxygens (including phenoxy) is 1. The average Bonchev–Trinajstić information content (AvgIpc) is 2.51. The van der Waals surface area contributed by atoms with E-state index in [1.165, 1.54) is 10.6 Å². The van der Waals surface area contributed by atoms with Gasteiger partial charge in [-0.3, -0.25) is 9.69 Å². The van der Waals surface area contributed by atoms with Crippen molar-refractivity contribution in [2.24, 2.45) is 0 Å². The van der Waals surface area contributed by atoms with Crippen molar-refractivity contribution in [3.63, 3.8) is 0 Å². The van der Waals surface area contributed by atoms with Crippen molar-refractivity contribution in [1.82, 2.24) is 19.0 Å². The van der Waals surface area contributed by atoms with E-state index in [4.69, 9.17) is 4.74 Å². The van der Waals surface area contributed by atoms with Crippen molar-refractivity contribution in [3.05, 3.63) is 0 Å². The molecule has 0 aromatic heterocycles. The van der Waals surface area contributed by atoms with Crippen LogP contribution in [0.15, 0.2) is 0 Å². The summed E-state index contributed by atoms with van der Waals surface area (Å²) in [6, 6.07) is 0. The van der Waals surface area contributed by atoms with Crippen LogP contribution in [-0.4, -0.2) is 119 Å². The number of likely N-dealkylation sites (N-methyl/N-ethyl adjacent to an activating group) is 1. The molecule has 0 aromatic carbocycles. The Labute approximate surface area is 139 Å². The molecule has 0 N–H and O–H groups in total. The van der Waals surface area contributed by atoms with Gasteiger partial charge in [0.05, 0.1) is 26.0 Å². The third-order valence-electron chi connectivity index (χ3n) is 4.41. The molecule has 0 aliphatic carbocycles. The minimum Gasteiger partial charge on any atom is -0.379 e. The highest BCUT2D eigenvalue weighted by molar-refractivity contribution is 7.88. The molecule has 2 heterocycles. The smallest absolute Gasteiger partial charge is 0.237 e. The van der Waals surface area contributed by atoms with E-state index >= 15 is 0 Å². The minimum absolute atomic E-state index is 0.0626. The fourth-order valence-electron chi connectivity index (χ4n) is 2.75. The van der Waals surface area contributed by atoms with Gasteiger partial charge >= 0.3 is 0 Å². The molecule has 2 saturated heterocycles. The van der Waals surface area contributed by atoms with Gasteiger partial charge in [-0.05, 0) is 7.05 Å². The van der Waals surface area contributed by atoms with E-state index in [0.717, 1.165) is 26.2 Å². The number of carbonyl (C=O) groups excluding carboxylic acids is 1. The van der Waals surface area contributed by atoms with Gasteiger partial charge in [-0.25, -0.2) is 8.42 Å². The van der Waals surface area contributed by atoms with E-state index in [0.29, 0.717) is 39.4 Å². The zero-order valence-electron chi connectivity index (χ0n) is 14.1. The maximum Gasteiger partial charge on any atom is 0.237 e. The first-order chi connectivity index (χ1) is 10.9. The summed E-state index contributed by atoms with van der Waals surface area (Å²) in [5.74, 6) is -0.106. The molecule has 134 valence electrons. The van der Waals surface area contributed by atoms with Crippen LogP contribution in [0.25, 0.3) is 0 Å². The highest BCUT2D eigenvalue weighted by atomic mass is 32.2. The molecule has 2 rings (SSSR count). The molecule has 0 spiro atoms. The lowest BCUT2D eigenvalue weighted by molar-refractivity contribution is -0.133. The molecule has 0 saturated carbocycles. The van der Waals surface area contributed by atoms with E-state index in [-0.39, 0.29) is 12.5 Å². The molecule has 0 atom stereocenters. The Hall–Kier alpha value is -0.740. The van der Waals surface area contributed by atoms with Crippen LogP contribution in [-0.2, 0) is 19.6 Å². The Morgan fingerprint density at radius 3 is 2.26 bits per heavy atom. The Bertz CT molecular complexity index is 485. The highest BCUT2D eigenvalue weighted by Gasteiger charge is 2.26. The molecule has 0 bridgehead atoms. The number of hydrogen-bond donors (Lipinski definition) is 0. The number of carbonyl (C=O) groups is 1. The summed E-state index contributed by atoms with van der Waals surface area (Å²) in [7, 11) is -1.37. The topological polar surface area (TPSA) is 73.4 Å². The first kappa shape index (κ1) is 18.6. The molecular formula is C14H28N4O4S. The molecule has 0 unspecified atom stereocenters. The van der Waals surface area contributed by atoms with E-state index in [2.05, 4.69) is 9.80 Å². The predicted octanol–water partition coefficient (Wildman–Crippen LogP) is -1.65. The Morgan fingerprint density at radius 2 is 1.70 bits per heavy atom. The number of piperazine rings is 1. The third kappa shape index (κ3) is 6.00. The molecule has 0 radical (unpaired) electrons. The lowest BCUT2D eigenvalue weighted by atomic mass is 10.3. The largest absolute Gasteiger partial charge is 0.379 e. The summed E-state index contributed by atoms with van der Waals surface area (Å²) in [4.78, 5) is 18.5. The van der Waals surface area contributed by atoms with Gasteiger partial charge in [0, 0.05) is 52.4 Å². The van der Waals surface area contributed by atoms with Gasteiger partial charge in [-0.1, -0.05) is 0 Å². The van der Waals surface area contributed by atoms with Crippen LogP contribution in [0.1, 0.15) is 0 Å². The van der Waals surface area contributed by atoms with Crippen molar-refractivity contribution in [3.8, 4) is 0 Å². The predicted molar refractivity (Wildman–Crippen MR) is 87.8 cm³/mol. The van der Waals surface area contributed by atoms with Gasteiger partial charge in [-0.2, -0.15) is 4.31 Å². The standard InChI is InChI=1S/C14H28N4O4S/c1-15-3-6-17(7-4-15)14(19)13-18(23(2,20)21)8-5-16-9-11-22-12-10-16/h3-13H2,1-2H3. The van der Waals surface area contributed by atoms with Crippen LogP contribution in [0.5, 0.6) is 0 Å². The lowest BCUT2D eigenvalue weighted by Crippen LogP contribution is -2.51. The lowest BCUT2D eigenvalue weighted by Gasteiger charge is -2.34. The Balaban J connectivity index is 1.86. The second-order valence-electron chi connectivity index (χ2n) is 6.23. The second-order valence-corrected chi connectivity index (χ2v) is 8.22. The summed E-state index contributed by atoms with van der Waals surface area (Å²) in [5, 5.41) is 0. The van der Waals surface area contributed by atoms with Gasteiger partial charge in [0.15, 0.2) is 0 Å². The van der Waals surface area contributed by atoms with Crippen molar-refractivity contribution >= 4 is 15.9 Å². The Morgan fingerprint density at radius 1 is 1.09 bits per heavy atom. The quantitative estimate of drug-likeness (QED) is 0.573. The van der Waals surface area contributed by atoms with Gasteiger partial charge in [0.1, 0.15) is 0 Å². The molecule has 2 aliphatic heterocycles. The van der Waals surface area contributed by atoms with Gasteiger partial charge in [0.2, 0.25) is 15.9 Å². The molecule has 8 nitrogen and oxygen atoms in total. The highest BCUT2D eigenvalue weighted by Crippen LogP contribution is 2.05. The summed E-state index contributed by atoms with van der Waals surface area (Å²) in [6.07, 6.45) is 1.17. The maximum absolute atomic E-state index is 12.4. The molecule has 2 aliphatic rings. The number of morpholine rings is 1. The van der Waals surface area contributed by atoms with Gasteiger partial charge < -0.3 is 14.5 Å². The number of rotatable bonds is 6. The fraction of sp³-hybridized carbons (Fsp3) is 0.929.